The number of sulfone groups is 1. The van der Waals surface area contributed by atoms with Crippen LogP contribution in [0.3, 0.4) is 0 Å². The third kappa shape index (κ3) is 3.46. The van der Waals surface area contributed by atoms with Gasteiger partial charge >= 0.3 is 0 Å². The zero-order valence-electron chi connectivity index (χ0n) is 11.9. The van der Waals surface area contributed by atoms with Gasteiger partial charge in [0, 0.05) is 30.9 Å². The minimum Gasteiger partial charge on any atom is -0.372 e. The highest BCUT2D eigenvalue weighted by molar-refractivity contribution is 8.01. The predicted molar refractivity (Wildman–Crippen MR) is 83.2 cm³/mol. The Morgan fingerprint density at radius 3 is 2.81 bits per heavy atom. The number of carbonyl (C=O) groups excluding carboxylic acids is 1. The molecular formula is C12H18N4O3S2. The Kier molecular flexibility index (Phi) is 5.04. The summed E-state index contributed by atoms with van der Waals surface area (Å²) in [5.74, 6) is 1.32. The van der Waals surface area contributed by atoms with Crippen LogP contribution in [0.15, 0.2) is 12.1 Å². The number of amides is 1. The van der Waals surface area contributed by atoms with E-state index in [0.29, 0.717) is 18.1 Å². The van der Waals surface area contributed by atoms with Crippen molar-refractivity contribution in [2.75, 3.05) is 36.2 Å². The number of nitrogens with zero attached hydrogens (tertiary/aromatic N) is 3. The van der Waals surface area contributed by atoms with Crippen LogP contribution in [0.1, 0.15) is 17.4 Å². The minimum absolute atomic E-state index is 0.0202. The lowest BCUT2D eigenvalue weighted by Crippen LogP contribution is -2.50. The quantitative estimate of drug-likeness (QED) is 0.858. The average Bonchev–Trinajstić information content (AvgIpc) is 2.54. The molecule has 0 saturated carbocycles. The number of anilines is 1. The Morgan fingerprint density at radius 2 is 2.24 bits per heavy atom. The largest absolute Gasteiger partial charge is 0.372 e. The van der Waals surface area contributed by atoms with E-state index in [9.17, 15) is 13.2 Å². The fourth-order valence-corrected chi connectivity index (χ4v) is 5.00. The Labute approximate surface area is 128 Å². The molecule has 116 valence electrons. The highest BCUT2D eigenvalue weighted by Crippen LogP contribution is 2.23. The van der Waals surface area contributed by atoms with Gasteiger partial charge in [0.1, 0.15) is 11.2 Å². The summed E-state index contributed by atoms with van der Waals surface area (Å²) in [5, 5.41) is 9.76. The molecule has 21 heavy (non-hydrogen) atoms. The van der Waals surface area contributed by atoms with Gasteiger partial charge in [-0.3, -0.25) is 4.79 Å². The summed E-state index contributed by atoms with van der Waals surface area (Å²) in [7, 11) is -1.61. The van der Waals surface area contributed by atoms with Gasteiger partial charge in [0.25, 0.3) is 5.91 Å². The summed E-state index contributed by atoms with van der Waals surface area (Å²) < 4.78 is 24.3. The predicted octanol–water partition coefficient (Wildman–Crippen LogP) is 0.468. The molecule has 1 aromatic rings. The third-order valence-corrected chi connectivity index (χ3v) is 6.59. The van der Waals surface area contributed by atoms with E-state index in [1.807, 2.05) is 0 Å². The fraction of sp³-hybridized carbons (Fsp3) is 0.583. The maximum absolute atomic E-state index is 12.5. The minimum atomic E-state index is -3.31. The second kappa shape index (κ2) is 6.61. The summed E-state index contributed by atoms with van der Waals surface area (Å²) in [5.41, 5.74) is 0.164. The number of hydrogen-bond acceptors (Lipinski definition) is 7. The second-order valence-corrected chi connectivity index (χ2v) is 8.13. The molecule has 1 amide bonds. The maximum atomic E-state index is 12.5. The van der Waals surface area contributed by atoms with Crippen molar-refractivity contribution in [3.63, 3.8) is 0 Å². The molecule has 1 aliphatic heterocycles. The summed E-state index contributed by atoms with van der Waals surface area (Å²) in [6.45, 7) is 2.00. The highest BCUT2D eigenvalue weighted by atomic mass is 32.2. The second-order valence-electron chi connectivity index (χ2n) is 4.53. The molecule has 1 aliphatic rings. The molecule has 1 fully saturated rings. The monoisotopic (exact) mass is 330 g/mol. The van der Waals surface area contributed by atoms with Gasteiger partial charge in [-0.15, -0.1) is 10.2 Å². The van der Waals surface area contributed by atoms with Crippen LogP contribution >= 0.6 is 11.8 Å². The van der Waals surface area contributed by atoms with E-state index in [0.717, 1.165) is 5.75 Å². The zero-order chi connectivity index (χ0) is 15.5. The Balaban J connectivity index is 2.26. The molecule has 7 nitrogen and oxygen atoms in total. The van der Waals surface area contributed by atoms with Crippen molar-refractivity contribution in [2.24, 2.45) is 0 Å². The van der Waals surface area contributed by atoms with E-state index in [1.54, 1.807) is 37.9 Å². The van der Waals surface area contributed by atoms with Gasteiger partial charge < -0.3 is 10.2 Å². The first-order valence-corrected chi connectivity index (χ1v) is 9.48. The lowest BCUT2D eigenvalue weighted by molar-refractivity contribution is 0.0742. The normalized spacial score (nSPS) is 19.3. The first-order chi connectivity index (χ1) is 9.99. The van der Waals surface area contributed by atoms with Gasteiger partial charge in [0.05, 0.1) is 0 Å². The Morgan fingerprint density at radius 1 is 1.48 bits per heavy atom. The molecule has 9 heteroatoms. The summed E-state index contributed by atoms with van der Waals surface area (Å²) >= 11 is 1.55. The number of carbonyl (C=O) groups is 1. The number of thioether (sulfide) groups is 1. The summed E-state index contributed by atoms with van der Waals surface area (Å²) in [6.07, 6.45) is 0. The van der Waals surface area contributed by atoms with Crippen molar-refractivity contribution in [1.29, 1.82) is 0 Å². The lowest BCUT2D eigenvalue weighted by atomic mass is 10.3. The van der Waals surface area contributed by atoms with Crippen LogP contribution < -0.4 is 5.32 Å². The van der Waals surface area contributed by atoms with E-state index in [4.69, 9.17) is 0 Å². The van der Waals surface area contributed by atoms with Crippen molar-refractivity contribution in [2.45, 2.75) is 12.3 Å². The van der Waals surface area contributed by atoms with Crippen molar-refractivity contribution >= 4 is 33.3 Å². The van der Waals surface area contributed by atoms with Crippen LogP contribution in [0.2, 0.25) is 0 Å². The first-order valence-electron chi connectivity index (χ1n) is 6.61. The molecule has 1 aromatic heterocycles. The van der Waals surface area contributed by atoms with Crippen molar-refractivity contribution < 1.29 is 13.2 Å². The van der Waals surface area contributed by atoms with Crippen molar-refractivity contribution in [1.82, 2.24) is 15.1 Å². The SMILES string of the molecule is CCS(=O)(=O)C1CSCCN1C(=O)c1ccc(NC)nn1. The van der Waals surface area contributed by atoms with Gasteiger partial charge in [-0.05, 0) is 12.1 Å². The molecule has 0 radical (unpaired) electrons. The number of hydrogen-bond donors (Lipinski definition) is 1. The number of rotatable bonds is 4. The molecule has 0 bridgehead atoms. The van der Waals surface area contributed by atoms with E-state index in [1.165, 1.54) is 4.90 Å². The van der Waals surface area contributed by atoms with Crippen LogP contribution in [-0.4, -0.2) is 65.6 Å². The van der Waals surface area contributed by atoms with Crippen LogP contribution in [0, 0.1) is 0 Å². The van der Waals surface area contributed by atoms with Gasteiger partial charge in [-0.1, -0.05) is 6.92 Å². The lowest BCUT2D eigenvalue weighted by Gasteiger charge is -2.34. The Bertz CT molecular complexity index is 603. The molecule has 2 heterocycles. The Hall–Kier alpha value is -1.35. The highest BCUT2D eigenvalue weighted by Gasteiger charge is 2.36. The molecule has 0 aromatic carbocycles. The molecular weight excluding hydrogens is 312 g/mol. The first kappa shape index (κ1) is 16.0. The summed E-state index contributed by atoms with van der Waals surface area (Å²) in [4.78, 5) is 13.9. The molecule has 0 spiro atoms. The van der Waals surface area contributed by atoms with E-state index in [2.05, 4.69) is 15.5 Å². The van der Waals surface area contributed by atoms with Gasteiger partial charge in [-0.25, -0.2) is 8.42 Å². The standard InChI is InChI=1S/C12H18N4O3S2/c1-3-21(18,19)11-8-20-7-6-16(11)12(17)9-4-5-10(13-2)15-14-9/h4-5,11H,3,6-8H2,1-2H3,(H,13,15). The van der Waals surface area contributed by atoms with Crippen LogP contribution in [0.4, 0.5) is 5.82 Å². The molecule has 1 atom stereocenters. The van der Waals surface area contributed by atoms with Crippen LogP contribution in [0.25, 0.3) is 0 Å². The van der Waals surface area contributed by atoms with Gasteiger partial charge in [0.2, 0.25) is 0 Å². The van der Waals surface area contributed by atoms with Gasteiger partial charge in [0.15, 0.2) is 15.5 Å². The number of aromatic nitrogens is 2. The molecule has 0 aliphatic carbocycles. The smallest absolute Gasteiger partial charge is 0.275 e. The van der Waals surface area contributed by atoms with E-state index in [-0.39, 0.29) is 17.4 Å². The molecule has 1 N–H and O–H groups in total. The zero-order valence-corrected chi connectivity index (χ0v) is 13.6. The average molecular weight is 330 g/mol. The van der Waals surface area contributed by atoms with Crippen molar-refractivity contribution in [3.05, 3.63) is 17.8 Å². The molecule has 2 rings (SSSR count). The number of nitrogens with one attached hydrogen (secondary N) is 1. The maximum Gasteiger partial charge on any atom is 0.275 e. The van der Waals surface area contributed by atoms with Crippen LogP contribution in [0.5, 0.6) is 0 Å². The topological polar surface area (TPSA) is 92.3 Å². The summed E-state index contributed by atoms with van der Waals surface area (Å²) in [6, 6.07) is 3.20. The molecule has 1 saturated heterocycles. The van der Waals surface area contributed by atoms with Gasteiger partial charge in [-0.2, -0.15) is 11.8 Å². The van der Waals surface area contributed by atoms with E-state index < -0.39 is 15.2 Å². The molecule has 1 unspecified atom stereocenters. The van der Waals surface area contributed by atoms with E-state index >= 15 is 0 Å². The van der Waals surface area contributed by atoms with Crippen molar-refractivity contribution in [3.8, 4) is 0 Å². The third-order valence-electron chi connectivity index (χ3n) is 3.30. The van der Waals surface area contributed by atoms with Crippen LogP contribution in [-0.2, 0) is 9.84 Å². The fourth-order valence-electron chi connectivity index (χ4n) is 2.03.